The molecular formula is C18H16N2O2S2. The summed E-state index contributed by atoms with van der Waals surface area (Å²) < 4.78 is 1.78. The van der Waals surface area contributed by atoms with E-state index in [1.54, 1.807) is 4.57 Å². The quantitative estimate of drug-likeness (QED) is 0.393. The molecule has 0 amide bonds. The van der Waals surface area contributed by atoms with Crippen LogP contribution in [0.3, 0.4) is 0 Å². The van der Waals surface area contributed by atoms with Crippen LogP contribution < -0.4 is 5.56 Å². The van der Waals surface area contributed by atoms with Crippen molar-refractivity contribution in [3.05, 3.63) is 56.5 Å². The number of Topliss-reactive ketones (excluding diaryl/α,β-unsaturated/α-hetero) is 1. The molecule has 24 heavy (non-hydrogen) atoms. The number of para-hydroxylation sites is 1. The van der Waals surface area contributed by atoms with Gasteiger partial charge in [-0.3, -0.25) is 14.2 Å². The summed E-state index contributed by atoms with van der Waals surface area (Å²) in [4.78, 5) is 31.7. The van der Waals surface area contributed by atoms with Gasteiger partial charge in [0.15, 0.2) is 10.9 Å². The maximum atomic E-state index is 12.8. The molecule has 1 aromatic carbocycles. The zero-order valence-electron chi connectivity index (χ0n) is 13.2. The van der Waals surface area contributed by atoms with Crippen molar-refractivity contribution in [3.63, 3.8) is 0 Å². The summed E-state index contributed by atoms with van der Waals surface area (Å²) in [6.07, 6.45) is 2.01. The van der Waals surface area contributed by atoms with E-state index in [9.17, 15) is 9.59 Å². The number of aryl methyl sites for hydroxylation is 1. The zero-order chi connectivity index (χ0) is 16.7. The molecule has 4 nitrogen and oxygen atoms in total. The second kappa shape index (κ2) is 6.18. The van der Waals surface area contributed by atoms with Crippen LogP contribution in [0, 0.1) is 6.92 Å². The fourth-order valence-corrected chi connectivity index (χ4v) is 4.51. The van der Waals surface area contributed by atoms with E-state index in [0.29, 0.717) is 21.8 Å². The molecule has 1 fully saturated rings. The van der Waals surface area contributed by atoms with Gasteiger partial charge in [0.1, 0.15) is 0 Å². The maximum absolute atomic E-state index is 12.8. The van der Waals surface area contributed by atoms with Gasteiger partial charge in [-0.1, -0.05) is 23.9 Å². The lowest BCUT2D eigenvalue weighted by Gasteiger charge is -2.11. The minimum absolute atomic E-state index is 0.00465. The van der Waals surface area contributed by atoms with Crippen molar-refractivity contribution in [1.82, 2.24) is 9.55 Å². The minimum atomic E-state index is 0.00465. The predicted octanol–water partition coefficient (Wildman–Crippen LogP) is 4.08. The molecule has 1 saturated carbocycles. The van der Waals surface area contributed by atoms with Gasteiger partial charge in [-0.15, -0.1) is 11.3 Å². The first-order valence-corrected chi connectivity index (χ1v) is 9.67. The molecular weight excluding hydrogens is 340 g/mol. The largest absolute Gasteiger partial charge is 0.292 e. The average Bonchev–Trinajstić information content (AvgIpc) is 3.32. The van der Waals surface area contributed by atoms with E-state index in [2.05, 4.69) is 4.98 Å². The number of hydrogen-bond donors (Lipinski definition) is 0. The zero-order valence-corrected chi connectivity index (χ0v) is 14.8. The van der Waals surface area contributed by atoms with Crippen molar-refractivity contribution in [2.75, 3.05) is 5.75 Å². The monoisotopic (exact) mass is 356 g/mol. The fraction of sp³-hybridized carbons (Fsp3) is 0.278. The minimum Gasteiger partial charge on any atom is -0.292 e. The second-order valence-corrected chi connectivity index (χ2v) is 8.17. The highest BCUT2D eigenvalue weighted by Gasteiger charge is 2.28. The number of rotatable bonds is 5. The average molecular weight is 356 g/mol. The molecule has 0 bridgehead atoms. The van der Waals surface area contributed by atoms with E-state index in [1.807, 2.05) is 43.3 Å². The number of benzene rings is 1. The smallest absolute Gasteiger partial charge is 0.262 e. The van der Waals surface area contributed by atoms with Crippen LogP contribution in [0.1, 0.15) is 33.4 Å². The Morgan fingerprint density at radius 2 is 2.08 bits per heavy atom. The molecule has 0 spiro atoms. The van der Waals surface area contributed by atoms with Crippen LogP contribution in [0.25, 0.3) is 10.9 Å². The van der Waals surface area contributed by atoms with Crippen molar-refractivity contribution in [2.45, 2.75) is 31.0 Å². The summed E-state index contributed by atoms with van der Waals surface area (Å²) in [6, 6.07) is 11.5. The number of ketones is 1. The van der Waals surface area contributed by atoms with Crippen molar-refractivity contribution in [1.29, 1.82) is 0 Å². The Morgan fingerprint density at radius 3 is 2.79 bits per heavy atom. The lowest BCUT2D eigenvalue weighted by Crippen LogP contribution is -2.22. The van der Waals surface area contributed by atoms with Crippen LogP contribution >= 0.6 is 23.1 Å². The molecule has 2 aromatic heterocycles. The van der Waals surface area contributed by atoms with Crippen molar-refractivity contribution in [2.24, 2.45) is 0 Å². The Morgan fingerprint density at radius 1 is 1.29 bits per heavy atom. The maximum Gasteiger partial charge on any atom is 0.262 e. The predicted molar refractivity (Wildman–Crippen MR) is 98.4 cm³/mol. The van der Waals surface area contributed by atoms with Gasteiger partial charge in [0.05, 0.1) is 21.5 Å². The van der Waals surface area contributed by atoms with Crippen molar-refractivity contribution < 1.29 is 4.79 Å². The molecule has 3 aromatic rings. The van der Waals surface area contributed by atoms with E-state index in [-0.39, 0.29) is 17.4 Å². The molecule has 6 heteroatoms. The van der Waals surface area contributed by atoms with Crippen LogP contribution in [0.4, 0.5) is 0 Å². The normalized spacial score (nSPS) is 14.2. The van der Waals surface area contributed by atoms with Gasteiger partial charge in [-0.05, 0) is 44.0 Å². The van der Waals surface area contributed by atoms with Gasteiger partial charge < -0.3 is 0 Å². The number of thiophene rings is 1. The standard InChI is InChI=1S/C18H16N2O2S2/c1-11-6-9-16(24-11)15(21)10-23-18-19-14-5-3-2-4-13(14)17(22)20(18)12-7-8-12/h2-6,9,12H,7-8,10H2,1H3. The molecule has 0 atom stereocenters. The van der Waals surface area contributed by atoms with Gasteiger partial charge in [-0.2, -0.15) is 0 Å². The summed E-state index contributed by atoms with van der Waals surface area (Å²) in [5, 5.41) is 1.30. The number of carbonyl (C=O) groups excluding carboxylic acids is 1. The lowest BCUT2D eigenvalue weighted by molar-refractivity contribution is 0.102. The molecule has 4 rings (SSSR count). The third kappa shape index (κ3) is 2.91. The summed E-state index contributed by atoms with van der Waals surface area (Å²) >= 11 is 2.87. The SMILES string of the molecule is Cc1ccc(C(=O)CSc2nc3ccccc3c(=O)n2C2CC2)s1. The Balaban J connectivity index is 1.67. The van der Waals surface area contributed by atoms with Crippen LogP contribution in [0.2, 0.25) is 0 Å². The number of thioether (sulfide) groups is 1. The molecule has 0 unspecified atom stereocenters. The Kier molecular flexibility index (Phi) is 4.02. The van der Waals surface area contributed by atoms with Gasteiger partial charge in [0.2, 0.25) is 0 Å². The van der Waals surface area contributed by atoms with Crippen LogP contribution in [-0.2, 0) is 0 Å². The highest BCUT2D eigenvalue weighted by molar-refractivity contribution is 7.99. The molecule has 1 aliphatic rings. The number of aromatic nitrogens is 2. The number of nitrogens with zero attached hydrogens (tertiary/aromatic N) is 2. The lowest BCUT2D eigenvalue weighted by atomic mass is 10.2. The van der Waals surface area contributed by atoms with E-state index < -0.39 is 0 Å². The number of fused-ring (bicyclic) bond motifs is 1. The van der Waals surface area contributed by atoms with Gasteiger partial charge in [0, 0.05) is 10.9 Å². The Hall–Kier alpha value is -1.92. The first kappa shape index (κ1) is 15.6. The van der Waals surface area contributed by atoms with Crippen molar-refractivity contribution >= 4 is 39.8 Å². The van der Waals surface area contributed by atoms with Gasteiger partial charge in [0.25, 0.3) is 5.56 Å². The second-order valence-electron chi connectivity index (χ2n) is 5.94. The first-order chi connectivity index (χ1) is 11.6. The molecule has 2 heterocycles. The molecule has 0 N–H and O–H groups in total. The highest BCUT2D eigenvalue weighted by Crippen LogP contribution is 2.37. The van der Waals surface area contributed by atoms with E-state index in [1.165, 1.54) is 23.1 Å². The first-order valence-electron chi connectivity index (χ1n) is 7.87. The van der Waals surface area contributed by atoms with Crippen LogP contribution in [0.5, 0.6) is 0 Å². The van der Waals surface area contributed by atoms with Crippen LogP contribution in [0.15, 0.2) is 46.3 Å². The van der Waals surface area contributed by atoms with E-state index in [0.717, 1.165) is 22.6 Å². The summed E-state index contributed by atoms with van der Waals surface area (Å²) in [7, 11) is 0. The molecule has 0 radical (unpaired) electrons. The summed E-state index contributed by atoms with van der Waals surface area (Å²) in [5.41, 5.74) is 0.700. The fourth-order valence-electron chi connectivity index (χ4n) is 2.67. The van der Waals surface area contributed by atoms with Crippen LogP contribution in [-0.4, -0.2) is 21.1 Å². The molecule has 0 aliphatic heterocycles. The third-order valence-corrected chi connectivity index (χ3v) is 6.03. The number of carbonyl (C=O) groups is 1. The summed E-state index contributed by atoms with van der Waals surface area (Å²) in [6.45, 7) is 1.99. The summed E-state index contributed by atoms with van der Waals surface area (Å²) in [5.74, 6) is 0.389. The highest BCUT2D eigenvalue weighted by atomic mass is 32.2. The molecule has 1 aliphatic carbocycles. The molecule has 0 saturated heterocycles. The van der Waals surface area contributed by atoms with Crippen molar-refractivity contribution in [3.8, 4) is 0 Å². The Bertz CT molecular complexity index is 986. The molecule has 122 valence electrons. The van der Waals surface area contributed by atoms with Gasteiger partial charge in [-0.25, -0.2) is 4.98 Å². The van der Waals surface area contributed by atoms with Gasteiger partial charge >= 0.3 is 0 Å². The third-order valence-electron chi connectivity index (χ3n) is 4.04. The topological polar surface area (TPSA) is 52.0 Å². The van der Waals surface area contributed by atoms with E-state index in [4.69, 9.17) is 0 Å². The van der Waals surface area contributed by atoms with E-state index >= 15 is 0 Å². The Labute approximate surface area is 147 Å². The number of hydrogen-bond acceptors (Lipinski definition) is 5.